The van der Waals surface area contributed by atoms with Crippen LogP contribution in [0.3, 0.4) is 0 Å². The number of hydrogen-bond donors (Lipinski definition) is 3. The average molecular weight is 434 g/mol. The van der Waals surface area contributed by atoms with Crippen molar-refractivity contribution in [3.8, 4) is 0 Å². The van der Waals surface area contributed by atoms with Gasteiger partial charge < -0.3 is 20.4 Å². The van der Waals surface area contributed by atoms with Crippen molar-refractivity contribution in [2.45, 2.75) is 13.3 Å². The van der Waals surface area contributed by atoms with E-state index in [0.29, 0.717) is 6.61 Å². The second-order valence-electron chi connectivity index (χ2n) is 4.88. The zero-order chi connectivity index (χ0) is 15.8. The van der Waals surface area contributed by atoms with Crippen LogP contribution in [0.5, 0.6) is 0 Å². The number of benzene rings is 1. The number of guanidine groups is 1. The third-order valence-corrected chi connectivity index (χ3v) is 3.38. The van der Waals surface area contributed by atoms with Gasteiger partial charge in [0.15, 0.2) is 5.96 Å². The zero-order valence-corrected chi connectivity index (χ0v) is 15.8. The Kier molecular flexibility index (Phi) is 8.93. The summed E-state index contributed by atoms with van der Waals surface area (Å²) in [7, 11) is 1.74. The predicted molar refractivity (Wildman–Crippen MR) is 103 cm³/mol. The summed E-state index contributed by atoms with van der Waals surface area (Å²) >= 11 is 0. The van der Waals surface area contributed by atoms with Gasteiger partial charge in [-0.2, -0.15) is 0 Å². The summed E-state index contributed by atoms with van der Waals surface area (Å²) in [4.78, 5) is 7.26. The number of rotatable bonds is 7. The van der Waals surface area contributed by atoms with Crippen LogP contribution < -0.4 is 10.6 Å². The molecule has 0 amide bonds. The molecule has 0 saturated carbocycles. The van der Waals surface area contributed by atoms with Crippen molar-refractivity contribution in [3.05, 3.63) is 35.8 Å². The van der Waals surface area contributed by atoms with Crippen LogP contribution in [0.25, 0.3) is 10.9 Å². The van der Waals surface area contributed by atoms with Crippen LogP contribution in [0.2, 0.25) is 0 Å². The molecule has 0 atom stereocenters. The number of halogens is 2. The van der Waals surface area contributed by atoms with E-state index in [1.165, 1.54) is 12.1 Å². The summed E-state index contributed by atoms with van der Waals surface area (Å²) in [5, 5.41) is 7.50. The van der Waals surface area contributed by atoms with E-state index in [-0.39, 0.29) is 29.8 Å². The number of fused-ring (bicyclic) bond motifs is 1. The second kappa shape index (κ2) is 10.4. The number of aromatic nitrogens is 1. The van der Waals surface area contributed by atoms with Gasteiger partial charge in [0.25, 0.3) is 0 Å². The van der Waals surface area contributed by atoms with Gasteiger partial charge in [0.1, 0.15) is 5.82 Å². The number of nitrogens with one attached hydrogen (secondary N) is 3. The number of ether oxygens (including phenoxy) is 1. The van der Waals surface area contributed by atoms with E-state index < -0.39 is 0 Å². The molecule has 128 valence electrons. The topological polar surface area (TPSA) is 61.4 Å². The zero-order valence-electron chi connectivity index (χ0n) is 13.5. The van der Waals surface area contributed by atoms with Crippen molar-refractivity contribution in [2.75, 3.05) is 33.4 Å². The highest BCUT2D eigenvalue weighted by atomic mass is 127. The highest BCUT2D eigenvalue weighted by molar-refractivity contribution is 14.0. The molecule has 0 aliphatic rings. The summed E-state index contributed by atoms with van der Waals surface area (Å²) in [6, 6.07) is 4.81. The van der Waals surface area contributed by atoms with Gasteiger partial charge in [0.2, 0.25) is 0 Å². The van der Waals surface area contributed by atoms with Gasteiger partial charge >= 0.3 is 0 Å². The number of hydrogen-bond acceptors (Lipinski definition) is 2. The minimum atomic E-state index is -0.224. The van der Waals surface area contributed by atoms with Crippen LogP contribution in [0, 0.1) is 5.82 Å². The summed E-state index contributed by atoms with van der Waals surface area (Å²) in [6.45, 7) is 4.82. The Balaban J connectivity index is 0.00000264. The fourth-order valence-corrected chi connectivity index (χ4v) is 2.29. The molecule has 2 rings (SSSR count). The monoisotopic (exact) mass is 434 g/mol. The summed E-state index contributed by atoms with van der Waals surface area (Å²) in [6.07, 6.45) is 2.76. The van der Waals surface area contributed by atoms with Crippen molar-refractivity contribution >= 4 is 40.8 Å². The first-order valence-corrected chi connectivity index (χ1v) is 7.52. The summed E-state index contributed by atoms with van der Waals surface area (Å²) in [5.74, 6) is 0.531. The van der Waals surface area contributed by atoms with Gasteiger partial charge in [-0.1, -0.05) is 0 Å². The van der Waals surface area contributed by atoms with Crippen LogP contribution in [-0.2, 0) is 11.2 Å². The van der Waals surface area contributed by atoms with Crippen molar-refractivity contribution in [1.29, 1.82) is 0 Å². The second-order valence-corrected chi connectivity index (χ2v) is 4.88. The molecule has 5 nitrogen and oxygen atoms in total. The van der Waals surface area contributed by atoms with Crippen LogP contribution in [-0.4, -0.2) is 44.3 Å². The molecule has 0 saturated heterocycles. The lowest BCUT2D eigenvalue weighted by Gasteiger charge is -2.11. The Morgan fingerprint density at radius 2 is 2.09 bits per heavy atom. The Morgan fingerprint density at radius 1 is 1.30 bits per heavy atom. The van der Waals surface area contributed by atoms with Crippen molar-refractivity contribution in [1.82, 2.24) is 15.6 Å². The molecular weight excluding hydrogens is 410 g/mol. The molecule has 0 radical (unpaired) electrons. The van der Waals surface area contributed by atoms with E-state index in [1.807, 2.05) is 19.2 Å². The fraction of sp³-hybridized carbons (Fsp3) is 0.438. The van der Waals surface area contributed by atoms with Crippen LogP contribution in [0.15, 0.2) is 29.4 Å². The number of aromatic amines is 1. The lowest BCUT2D eigenvalue weighted by Crippen LogP contribution is -2.39. The van der Waals surface area contributed by atoms with Gasteiger partial charge in [-0.3, -0.25) is 4.99 Å². The molecule has 0 aliphatic heterocycles. The highest BCUT2D eigenvalue weighted by Crippen LogP contribution is 2.19. The van der Waals surface area contributed by atoms with E-state index in [0.717, 1.165) is 48.5 Å². The molecule has 23 heavy (non-hydrogen) atoms. The van der Waals surface area contributed by atoms with E-state index >= 15 is 0 Å². The van der Waals surface area contributed by atoms with Crippen LogP contribution in [0.1, 0.15) is 12.5 Å². The standard InChI is InChI=1S/C16H23FN4O.HI/c1-3-22-9-8-20-16(18-2)19-7-6-12-11-21-15-10-13(17)4-5-14(12)15;/h4-5,10-11,21H,3,6-9H2,1-2H3,(H2,18,19,20);1H. The quantitative estimate of drug-likeness (QED) is 0.272. The molecule has 1 aromatic carbocycles. The molecule has 0 unspecified atom stereocenters. The van der Waals surface area contributed by atoms with E-state index in [1.54, 1.807) is 7.05 Å². The first-order chi connectivity index (χ1) is 10.7. The van der Waals surface area contributed by atoms with Gasteiger partial charge in [0.05, 0.1) is 6.61 Å². The van der Waals surface area contributed by atoms with Gasteiger partial charge in [0, 0.05) is 43.8 Å². The minimum absolute atomic E-state index is 0. The number of aliphatic imine (C=N–C) groups is 1. The summed E-state index contributed by atoms with van der Waals surface area (Å²) < 4.78 is 18.4. The van der Waals surface area contributed by atoms with Crippen LogP contribution >= 0.6 is 24.0 Å². The maximum Gasteiger partial charge on any atom is 0.191 e. The maximum atomic E-state index is 13.2. The van der Waals surface area contributed by atoms with Crippen molar-refractivity contribution < 1.29 is 9.13 Å². The summed E-state index contributed by atoms with van der Waals surface area (Å²) in [5.41, 5.74) is 1.99. The molecular formula is C16H24FIN4O. The average Bonchev–Trinajstić information content (AvgIpc) is 2.92. The normalized spacial score (nSPS) is 11.3. The van der Waals surface area contributed by atoms with Gasteiger partial charge in [-0.25, -0.2) is 4.39 Å². The molecule has 0 aliphatic carbocycles. The Labute approximate surface area is 153 Å². The SMILES string of the molecule is CCOCCNC(=NC)NCCc1c[nH]c2cc(F)ccc12.I. The smallest absolute Gasteiger partial charge is 0.191 e. The molecule has 7 heteroatoms. The first-order valence-electron chi connectivity index (χ1n) is 7.52. The lowest BCUT2D eigenvalue weighted by atomic mass is 10.1. The highest BCUT2D eigenvalue weighted by Gasteiger charge is 2.05. The third kappa shape index (κ3) is 5.98. The Bertz CT molecular complexity index is 630. The van der Waals surface area contributed by atoms with E-state index in [4.69, 9.17) is 4.74 Å². The molecule has 1 aromatic heterocycles. The maximum absolute atomic E-state index is 13.2. The van der Waals surface area contributed by atoms with E-state index in [2.05, 4.69) is 20.6 Å². The predicted octanol–water partition coefficient (Wildman–Crippen LogP) is 2.67. The Hall–Kier alpha value is -1.35. The molecule has 0 bridgehead atoms. The number of H-pyrrole nitrogens is 1. The van der Waals surface area contributed by atoms with Crippen LogP contribution in [0.4, 0.5) is 4.39 Å². The van der Waals surface area contributed by atoms with Crippen molar-refractivity contribution in [2.24, 2.45) is 4.99 Å². The largest absolute Gasteiger partial charge is 0.380 e. The minimum Gasteiger partial charge on any atom is -0.380 e. The molecule has 2 aromatic rings. The lowest BCUT2D eigenvalue weighted by molar-refractivity contribution is 0.152. The Morgan fingerprint density at radius 3 is 2.83 bits per heavy atom. The third-order valence-electron chi connectivity index (χ3n) is 3.38. The molecule has 0 fully saturated rings. The molecule has 0 spiro atoms. The fourth-order valence-electron chi connectivity index (χ4n) is 2.29. The molecule has 1 heterocycles. The first kappa shape index (κ1) is 19.7. The number of nitrogens with zero attached hydrogens (tertiary/aromatic N) is 1. The van der Waals surface area contributed by atoms with E-state index in [9.17, 15) is 4.39 Å². The molecule has 3 N–H and O–H groups in total. The van der Waals surface area contributed by atoms with Gasteiger partial charge in [-0.15, -0.1) is 24.0 Å². The van der Waals surface area contributed by atoms with Crippen molar-refractivity contribution in [3.63, 3.8) is 0 Å². The van der Waals surface area contributed by atoms with Gasteiger partial charge in [-0.05, 0) is 37.1 Å².